The summed E-state index contributed by atoms with van der Waals surface area (Å²) in [5.74, 6) is -0.919. The van der Waals surface area contributed by atoms with Crippen molar-refractivity contribution in [2.24, 2.45) is 0 Å². The Kier molecular flexibility index (Phi) is 6.25. The van der Waals surface area contributed by atoms with Gasteiger partial charge in [-0.15, -0.1) is 0 Å². The van der Waals surface area contributed by atoms with Crippen molar-refractivity contribution < 1.29 is 28.6 Å². The van der Waals surface area contributed by atoms with E-state index in [4.69, 9.17) is 25.5 Å². The number of rotatable bonds is 7. The van der Waals surface area contributed by atoms with E-state index in [0.717, 1.165) is 4.70 Å². The maximum atomic E-state index is 13.9. The molecule has 3 heterocycles. The molecule has 10 heteroatoms. The Morgan fingerprint density at radius 1 is 1.15 bits per heavy atom. The largest absolute Gasteiger partial charge is 0.503 e. The van der Waals surface area contributed by atoms with Gasteiger partial charge in [-0.25, -0.2) is 4.98 Å². The van der Waals surface area contributed by atoms with Crippen molar-refractivity contribution in [1.82, 2.24) is 4.98 Å². The number of halogens is 1. The highest BCUT2D eigenvalue weighted by atomic mass is 35.5. The molecule has 0 saturated carbocycles. The number of anilines is 1. The molecule has 1 N–H and O–H groups in total. The van der Waals surface area contributed by atoms with E-state index < -0.39 is 23.5 Å². The summed E-state index contributed by atoms with van der Waals surface area (Å²) in [5, 5.41) is 12.6. The fourth-order valence-electron chi connectivity index (χ4n) is 4.69. The maximum absolute atomic E-state index is 13.9. The molecule has 0 saturated heterocycles. The second kappa shape index (κ2) is 9.76. The monoisotopic (exact) mass is 560 g/mol. The van der Waals surface area contributed by atoms with Crippen LogP contribution in [-0.2, 0) is 4.79 Å². The summed E-state index contributed by atoms with van der Waals surface area (Å²) in [7, 11) is 1.51. The quantitative estimate of drug-likeness (QED) is 0.216. The molecule has 1 unspecified atom stereocenters. The molecule has 0 fully saturated rings. The van der Waals surface area contributed by atoms with Crippen LogP contribution in [0.25, 0.3) is 21.2 Å². The third-order valence-electron chi connectivity index (χ3n) is 6.46. The molecular formula is C29H21ClN2O6S. The molecule has 1 aliphatic heterocycles. The van der Waals surface area contributed by atoms with Gasteiger partial charge in [-0.1, -0.05) is 47.2 Å². The predicted octanol–water partition coefficient (Wildman–Crippen LogP) is 6.89. The number of hydrogen-bond acceptors (Lipinski definition) is 8. The summed E-state index contributed by atoms with van der Waals surface area (Å²) >= 11 is 7.39. The highest BCUT2D eigenvalue weighted by Gasteiger charge is 2.46. The van der Waals surface area contributed by atoms with E-state index in [9.17, 15) is 14.7 Å². The molecule has 0 radical (unpaired) electrons. The van der Waals surface area contributed by atoms with Crippen LogP contribution in [0.5, 0.6) is 11.5 Å². The molecule has 1 atom stereocenters. The van der Waals surface area contributed by atoms with Gasteiger partial charge in [0.15, 0.2) is 28.0 Å². The molecule has 5 aromatic rings. The van der Waals surface area contributed by atoms with Crippen LogP contribution in [0, 0.1) is 0 Å². The average Bonchev–Trinajstić information content (AvgIpc) is 3.63. The third kappa shape index (κ3) is 4.20. The second-order valence-electron chi connectivity index (χ2n) is 8.77. The zero-order chi connectivity index (χ0) is 27.3. The van der Waals surface area contributed by atoms with Crippen molar-refractivity contribution in [3.63, 3.8) is 0 Å². The van der Waals surface area contributed by atoms with Gasteiger partial charge in [0.25, 0.3) is 5.91 Å². The second-order valence-corrected chi connectivity index (χ2v) is 10.2. The number of ketones is 1. The Labute approximate surface area is 231 Å². The molecule has 2 aromatic heterocycles. The molecule has 6 rings (SSSR count). The van der Waals surface area contributed by atoms with Gasteiger partial charge in [0.2, 0.25) is 5.78 Å². The van der Waals surface area contributed by atoms with Crippen LogP contribution in [0.4, 0.5) is 5.13 Å². The number of methoxy groups -OCH3 is 1. The smallest absolute Gasteiger partial charge is 0.296 e. The standard InChI is InChI=1S/C29H21ClN2O6S/c1-3-37-18-11-12-19-22(14-18)39-29(31-19)32-24(15-7-9-17(30)10-8-15)23(26(34)28(32)35)25(33)21-13-16-5-4-6-20(36-2)27(16)38-21/h4-14,24,34H,3H2,1-2H3. The van der Waals surface area contributed by atoms with Crippen molar-refractivity contribution in [1.29, 1.82) is 0 Å². The summed E-state index contributed by atoms with van der Waals surface area (Å²) in [5.41, 5.74) is 1.51. The number of benzene rings is 3. The van der Waals surface area contributed by atoms with Crippen molar-refractivity contribution in [3.05, 3.63) is 94.4 Å². The van der Waals surface area contributed by atoms with E-state index in [-0.39, 0.29) is 11.3 Å². The van der Waals surface area contributed by atoms with Gasteiger partial charge in [-0.2, -0.15) is 0 Å². The number of amides is 1. The van der Waals surface area contributed by atoms with Crippen LogP contribution >= 0.6 is 22.9 Å². The molecule has 8 nitrogen and oxygen atoms in total. The zero-order valence-electron chi connectivity index (χ0n) is 20.8. The van der Waals surface area contributed by atoms with E-state index in [1.165, 1.54) is 23.3 Å². The van der Waals surface area contributed by atoms with Gasteiger partial charge >= 0.3 is 0 Å². The van der Waals surface area contributed by atoms with E-state index >= 15 is 0 Å². The number of aromatic nitrogens is 1. The Morgan fingerprint density at radius 2 is 1.95 bits per heavy atom. The van der Waals surface area contributed by atoms with Crippen molar-refractivity contribution in [2.75, 3.05) is 18.6 Å². The fourth-order valence-corrected chi connectivity index (χ4v) is 5.84. The van der Waals surface area contributed by atoms with Gasteiger partial charge < -0.3 is 19.0 Å². The number of aliphatic hydroxyl groups is 1. The Hall–Kier alpha value is -4.34. The first-order chi connectivity index (χ1) is 18.9. The lowest BCUT2D eigenvalue weighted by Gasteiger charge is -2.24. The molecule has 3 aromatic carbocycles. The number of aliphatic hydroxyl groups excluding tert-OH is 1. The third-order valence-corrected chi connectivity index (χ3v) is 7.73. The Balaban J connectivity index is 1.48. The van der Waals surface area contributed by atoms with E-state index in [0.29, 0.717) is 50.3 Å². The number of hydrogen-bond donors (Lipinski definition) is 1. The summed E-state index contributed by atoms with van der Waals surface area (Å²) in [6, 6.07) is 18.1. The SMILES string of the molecule is CCOc1ccc2nc(N3C(=O)C(O)=C(C(=O)c4cc5cccc(OC)c5o4)C3c3ccc(Cl)cc3)sc2c1. The maximum Gasteiger partial charge on any atom is 0.296 e. The summed E-state index contributed by atoms with van der Waals surface area (Å²) in [6.07, 6.45) is 0. The van der Waals surface area contributed by atoms with E-state index in [1.807, 2.05) is 13.0 Å². The van der Waals surface area contributed by atoms with Crippen LogP contribution < -0.4 is 14.4 Å². The number of carbonyl (C=O) groups excluding carboxylic acids is 2. The van der Waals surface area contributed by atoms with E-state index in [1.54, 1.807) is 60.7 Å². The van der Waals surface area contributed by atoms with Crippen LogP contribution in [0.2, 0.25) is 5.02 Å². The first-order valence-electron chi connectivity index (χ1n) is 12.1. The molecule has 39 heavy (non-hydrogen) atoms. The molecule has 1 amide bonds. The lowest BCUT2D eigenvalue weighted by Crippen LogP contribution is -2.30. The number of furan rings is 1. The molecule has 1 aliphatic rings. The number of ether oxygens (including phenoxy) is 2. The molecule has 196 valence electrons. The molecule has 0 bridgehead atoms. The number of thiazole rings is 1. The fraction of sp³-hybridized carbons (Fsp3) is 0.138. The minimum Gasteiger partial charge on any atom is -0.503 e. The van der Waals surface area contributed by atoms with Crippen LogP contribution in [0.3, 0.4) is 0 Å². The first kappa shape index (κ1) is 25.0. The molecule has 0 aliphatic carbocycles. The Morgan fingerprint density at radius 3 is 2.69 bits per heavy atom. The van der Waals surface area contributed by atoms with Crippen molar-refractivity contribution in [3.8, 4) is 11.5 Å². The molecule has 0 spiro atoms. The number of carbonyl (C=O) groups is 2. The summed E-state index contributed by atoms with van der Waals surface area (Å²) < 4.78 is 17.6. The van der Waals surface area contributed by atoms with Gasteiger partial charge in [0.1, 0.15) is 5.75 Å². The summed E-state index contributed by atoms with van der Waals surface area (Å²) in [6.45, 7) is 2.41. The van der Waals surface area contributed by atoms with Crippen LogP contribution in [0.1, 0.15) is 29.1 Å². The van der Waals surface area contributed by atoms with Crippen LogP contribution in [0.15, 0.2) is 82.5 Å². The van der Waals surface area contributed by atoms with Crippen LogP contribution in [-0.4, -0.2) is 35.5 Å². The van der Waals surface area contributed by atoms with Gasteiger partial charge in [-0.05, 0) is 55.0 Å². The number of fused-ring (bicyclic) bond motifs is 2. The highest BCUT2D eigenvalue weighted by Crippen LogP contribution is 2.45. The summed E-state index contributed by atoms with van der Waals surface area (Å²) in [4.78, 5) is 33.4. The lowest BCUT2D eigenvalue weighted by atomic mass is 9.95. The molecular weight excluding hydrogens is 540 g/mol. The topological polar surface area (TPSA) is 102 Å². The minimum absolute atomic E-state index is 0.0321. The number of Topliss-reactive ketones (excluding diaryl/α,β-unsaturated/α-hetero) is 1. The first-order valence-corrected chi connectivity index (χ1v) is 13.3. The van der Waals surface area contributed by atoms with Gasteiger partial charge in [-0.3, -0.25) is 14.5 Å². The lowest BCUT2D eigenvalue weighted by molar-refractivity contribution is -0.117. The Bertz CT molecular complexity index is 1790. The van der Waals surface area contributed by atoms with Gasteiger partial charge in [0, 0.05) is 10.4 Å². The minimum atomic E-state index is -0.968. The van der Waals surface area contributed by atoms with E-state index in [2.05, 4.69) is 4.98 Å². The zero-order valence-corrected chi connectivity index (χ0v) is 22.4. The number of para-hydroxylation sites is 1. The van der Waals surface area contributed by atoms with Gasteiger partial charge in [0.05, 0.1) is 35.5 Å². The normalized spacial score (nSPS) is 15.5. The van der Waals surface area contributed by atoms with Crippen molar-refractivity contribution >= 4 is 60.9 Å². The number of nitrogens with zero attached hydrogens (tertiary/aromatic N) is 2. The predicted molar refractivity (Wildman–Crippen MR) is 149 cm³/mol. The average molecular weight is 561 g/mol. The van der Waals surface area contributed by atoms with Crippen molar-refractivity contribution in [2.45, 2.75) is 13.0 Å². The highest BCUT2D eigenvalue weighted by molar-refractivity contribution is 7.22.